The molecule has 0 bridgehead atoms. The molecule has 4 nitrogen and oxygen atoms in total. The van der Waals surface area contributed by atoms with Gasteiger partial charge in [0.2, 0.25) is 0 Å². The van der Waals surface area contributed by atoms with Crippen LogP contribution in [0, 0.1) is 12.8 Å². The molecule has 0 saturated heterocycles. The van der Waals surface area contributed by atoms with E-state index in [0.717, 1.165) is 18.6 Å². The monoisotopic (exact) mass is 280 g/mol. The van der Waals surface area contributed by atoms with Gasteiger partial charge in [0.05, 0.1) is 16.6 Å². The second-order valence-corrected chi connectivity index (χ2v) is 5.67. The molecule has 1 aromatic heterocycles. The number of carbonyl (C=O) groups is 1. The standard InChI is InChI=1S/C14H20N2O2S/c1-9-7-11(8-18-9)14(17)16-12(13(15)19)10-5-3-2-4-6-10/h7-8,10,12H,2-6H2,1H3,(H2,15,19)(H,16,17). The zero-order valence-corrected chi connectivity index (χ0v) is 12.0. The van der Waals surface area contributed by atoms with E-state index in [9.17, 15) is 4.79 Å². The first kappa shape index (κ1) is 14.1. The van der Waals surface area contributed by atoms with Gasteiger partial charge in [-0.25, -0.2) is 0 Å². The fourth-order valence-electron chi connectivity index (χ4n) is 2.68. The second kappa shape index (κ2) is 6.19. The van der Waals surface area contributed by atoms with Gasteiger partial charge in [-0.1, -0.05) is 31.5 Å². The third-order valence-electron chi connectivity index (χ3n) is 3.71. The minimum Gasteiger partial charge on any atom is -0.469 e. The van der Waals surface area contributed by atoms with Crippen molar-refractivity contribution in [2.24, 2.45) is 11.7 Å². The zero-order chi connectivity index (χ0) is 13.8. The van der Waals surface area contributed by atoms with Crippen molar-refractivity contribution in [1.82, 2.24) is 5.32 Å². The maximum atomic E-state index is 12.1. The Hall–Kier alpha value is -1.36. The van der Waals surface area contributed by atoms with E-state index in [1.807, 2.05) is 6.92 Å². The van der Waals surface area contributed by atoms with Gasteiger partial charge >= 0.3 is 0 Å². The minimum absolute atomic E-state index is 0.166. The molecule has 1 aliphatic carbocycles. The normalized spacial score (nSPS) is 17.9. The van der Waals surface area contributed by atoms with E-state index in [-0.39, 0.29) is 11.9 Å². The average Bonchev–Trinajstić information content (AvgIpc) is 2.83. The molecule has 19 heavy (non-hydrogen) atoms. The Morgan fingerprint density at radius 2 is 2.16 bits per heavy atom. The molecule has 0 radical (unpaired) electrons. The SMILES string of the molecule is Cc1cc(C(=O)NC(C(N)=S)C2CCCCC2)co1. The van der Waals surface area contributed by atoms with Gasteiger partial charge in [0, 0.05) is 0 Å². The summed E-state index contributed by atoms with van der Waals surface area (Å²) in [7, 11) is 0. The summed E-state index contributed by atoms with van der Waals surface area (Å²) in [5, 5.41) is 2.95. The molecule has 0 spiro atoms. The molecule has 1 fully saturated rings. The van der Waals surface area contributed by atoms with Crippen molar-refractivity contribution in [3.63, 3.8) is 0 Å². The van der Waals surface area contributed by atoms with Crippen LogP contribution < -0.4 is 11.1 Å². The Balaban J connectivity index is 2.04. The zero-order valence-electron chi connectivity index (χ0n) is 11.1. The first-order chi connectivity index (χ1) is 9.08. The summed E-state index contributed by atoms with van der Waals surface area (Å²) in [4.78, 5) is 12.5. The lowest BCUT2D eigenvalue weighted by Gasteiger charge is -2.30. The summed E-state index contributed by atoms with van der Waals surface area (Å²) in [5.41, 5.74) is 6.32. The van der Waals surface area contributed by atoms with Crippen LogP contribution >= 0.6 is 12.2 Å². The summed E-state index contributed by atoms with van der Waals surface area (Å²) < 4.78 is 5.15. The number of hydrogen-bond acceptors (Lipinski definition) is 3. The van der Waals surface area contributed by atoms with Gasteiger partial charge in [-0.3, -0.25) is 4.79 Å². The minimum atomic E-state index is -0.210. The Bertz CT molecular complexity index is 464. The maximum absolute atomic E-state index is 12.1. The number of thiocarbonyl (C=S) groups is 1. The van der Waals surface area contributed by atoms with E-state index < -0.39 is 0 Å². The molecule has 1 saturated carbocycles. The summed E-state index contributed by atoms with van der Waals surface area (Å²) in [5.74, 6) is 0.915. The fourth-order valence-corrected chi connectivity index (χ4v) is 2.93. The van der Waals surface area contributed by atoms with Gasteiger partial charge in [-0.05, 0) is 31.7 Å². The highest BCUT2D eigenvalue weighted by atomic mass is 32.1. The lowest BCUT2D eigenvalue weighted by Crippen LogP contribution is -2.48. The van der Waals surface area contributed by atoms with E-state index in [4.69, 9.17) is 22.4 Å². The van der Waals surface area contributed by atoms with E-state index in [1.54, 1.807) is 6.07 Å². The molecule has 1 amide bonds. The third-order valence-corrected chi connectivity index (χ3v) is 3.96. The van der Waals surface area contributed by atoms with Crippen LogP contribution in [0.25, 0.3) is 0 Å². The average molecular weight is 280 g/mol. The molecule has 1 unspecified atom stereocenters. The van der Waals surface area contributed by atoms with Crippen molar-refractivity contribution >= 4 is 23.1 Å². The van der Waals surface area contributed by atoms with E-state index in [0.29, 0.717) is 16.5 Å². The molecular formula is C14H20N2O2S. The van der Waals surface area contributed by atoms with Crippen molar-refractivity contribution in [2.45, 2.75) is 45.1 Å². The summed E-state index contributed by atoms with van der Waals surface area (Å²) in [6.07, 6.45) is 7.24. The predicted octanol–water partition coefficient (Wildman–Crippen LogP) is 2.55. The van der Waals surface area contributed by atoms with Crippen LogP contribution in [0.4, 0.5) is 0 Å². The fraction of sp³-hybridized carbons (Fsp3) is 0.571. The highest BCUT2D eigenvalue weighted by Gasteiger charge is 2.27. The van der Waals surface area contributed by atoms with Crippen LogP contribution in [0.5, 0.6) is 0 Å². The lowest BCUT2D eigenvalue weighted by molar-refractivity contribution is 0.0931. The van der Waals surface area contributed by atoms with Crippen molar-refractivity contribution < 1.29 is 9.21 Å². The summed E-state index contributed by atoms with van der Waals surface area (Å²) >= 11 is 5.11. The topological polar surface area (TPSA) is 68.3 Å². The Labute approximate surface area is 118 Å². The lowest BCUT2D eigenvalue weighted by atomic mass is 9.83. The van der Waals surface area contributed by atoms with Gasteiger partial charge < -0.3 is 15.5 Å². The Morgan fingerprint density at radius 3 is 2.68 bits per heavy atom. The number of nitrogens with one attached hydrogen (secondary N) is 1. The molecule has 1 aromatic rings. The number of furan rings is 1. The Morgan fingerprint density at radius 1 is 1.47 bits per heavy atom. The van der Waals surface area contributed by atoms with Crippen molar-refractivity contribution in [3.8, 4) is 0 Å². The van der Waals surface area contributed by atoms with Crippen molar-refractivity contribution in [2.75, 3.05) is 0 Å². The van der Waals surface area contributed by atoms with Crippen LogP contribution in [-0.2, 0) is 0 Å². The number of carbonyl (C=O) groups excluding carboxylic acids is 1. The summed E-state index contributed by atoms with van der Waals surface area (Å²) in [6.45, 7) is 1.81. The first-order valence-corrected chi connectivity index (χ1v) is 7.14. The van der Waals surface area contributed by atoms with Gasteiger partial charge in [0.25, 0.3) is 5.91 Å². The maximum Gasteiger partial charge on any atom is 0.255 e. The highest BCUT2D eigenvalue weighted by molar-refractivity contribution is 7.80. The molecule has 3 N–H and O–H groups in total. The van der Waals surface area contributed by atoms with Crippen LogP contribution in [0.2, 0.25) is 0 Å². The predicted molar refractivity (Wildman–Crippen MR) is 78.1 cm³/mol. The quantitative estimate of drug-likeness (QED) is 0.832. The van der Waals surface area contributed by atoms with Crippen LogP contribution in [0.1, 0.15) is 48.2 Å². The molecule has 2 rings (SSSR count). The van der Waals surface area contributed by atoms with Gasteiger partial charge in [-0.2, -0.15) is 0 Å². The van der Waals surface area contributed by atoms with Gasteiger partial charge in [0.15, 0.2) is 0 Å². The summed E-state index contributed by atoms with van der Waals surface area (Å²) in [6, 6.07) is 1.50. The number of nitrogens with two attached hydrogens (primary N) is 1. The molecule has 5 heteroatoms. The third kappa shape index (κ3) is 3.56. The van der Waals surface area contributed by atoms with Crippen LogP contribution in [0.3, 0.4) is 0 Å². The molecule has 1 aliphatic rings. The molecule has 0 aliphatic heterocycles. The number of hydrogen-bond donors (Lipinski definition) is 2. The molecular weight excluding hydrogens is 260 g/mol. The van der Waals surface area contributed by atoms with Crippen LogP contribution in [-0.4, -0.2) is 16.9 Å². The molecule has 0 aromatic carbocycles. The molecule has 1 heterocycles. The number of rotatable bonds is 4. The molecule has 104 valence electrons. The highest BCUT2D eigenvalue weighted by Crippen LogP contribution is 2.27. The van der Waals surface area contributed by atoms with E-state index >= 15 is 0 Å². The van der Waals surface area contributed by atoms with Crippen molar-refractivity contribution in [1.29, 1.82) is 0 Å². The van der Waals surface area contributed by atoms with Crippen LogP contribution in [0.15, 0.2) is 16.7 Å². The first-order valence-electron chi connectivity index (χ1n) is 6.73. The number of amides is 1. The largest absolute Gasteiger partial charge is 0.469 e. The second-order valence-electron chi connectivity index (χ2n) is 5.20. The van der Waals surface area contributed by atoms with Gasteiger partial charge in [-0.15, -0.1) is 0 Å². The van der Waals surface area contributed by atoms with Crippen molar-refractivity contribution in [3.05, 3.63) is 23.7 Å². The smallest absolute Gasteiger partial charge is 0.255 e. The van der Waals surface area contributed by atoms with E-state index in [1.165, 1.54) is 25.5 Å². The van der Waals surface area contributed by atoms with Gasteiger partial charge in [0.1, 0.15) is 12.0 Å². The number of aryl methyl sites for hydroxylation is 1. The molecule has 1 atom stereocenters. The Kier molecular flexibility index (Phi) is 4.58. The van der Waals surface area contributed by atoms with E-state index in [2.05, 4.69) is 5.32 Å².